The van der Waals surface area contributed by atoms with E-state index in [0.717, 1.165) is 17.7 Å². The molecule has 0 saturated heterocycles. The molecular formula is C16H16ClNO3. The summed E-state index contributed by atoms with van der Waals surface area (Å²) < 4.78 is 5.11. The predicted octanol–water partition coefficient (Wildman–Crippen LogP) is 3.70. The van der Waals surface area contributed by atoms with Crippen LogP contribution in [0, 0.1) is 0 Å². The average molecular weight is 306 g/mol. The van der Waals surface area contributed by atoms with Crippen LogP contribution in [0.1, 0.15) is 15.9 Å². The molecule has 21 heavy (non-hydrogen) atoms. The van der Waals surface area contributed by atoms with Gasteiger partial charge in [0, 0.05) is 6.54 Å². The van der Waals surface area contributed by atoms with Gasteiger partial charge in [-0.05, 0) is 42.3 Å². The van der Waals surface area contributed by atoms with Crippen molar-refractivity contribution >= 4 is 23.3 Å². The zero-order valence-corrected chi connectivity index (χ0v) is 12.4. The molecule has 4 nitrogen and oxygen atoms in total. The minimum absolute atomic E-state index is 0.214. The number of anilines is 1. The number of aromatic carboxylic acids is 1. The fourth-order valence-electron chi connectivity index (χ4n) is 1.93. The Hall–Kier alpha value is -2.20. The summed E-state index contributed by atoms with van der Waals surface area (Å²) in [6.07, 6.45) is 0.803. The molecule has 0 bridgehead atoms. The molecule has 0 aromatic heterocycles. The summed E-state index contributed by atoms with van der Waals surface area (Å²) in [4.78, 5) is 10.9. The van der Waals surface area contributed by atoms with Crippen LogP contribution in [0.25, 0.3) is 0 Å². The van der Waals surface area contributed by atoms with E-state index >= 15 is 0 Å². The van der Waals surface area contributed by atoms with Gasteiger partial charge in [-0.25, -0.2) is 4.79 Å². The zero-order valence-electron chi connectivity index (χ0n) is 11.6. The molecule has 0 radical (unpaired) electrons. The summed E-state index contributed by atoms with van der Waals surface area (Å²) in [7, 11) is 1.63. The highest BCUT2D eigenvalue weighted by Gasteiger charge is 2.06. The first-order valence-corrected chi connectivity index (χ1v) is 6.87. The normalized spacial score (nSPS) is 10.2. The van der Waals surface area contributed by atoms with Gasteiger partial charge < -0.3 is 15.2 Å². The number of ether oxygens (including phenoxy) is 1. The molecule has 0 atom stereocenters. The van der Waals surface area contributed by atoms with Gasteiger partial charge in [-0.3, -0.25) is 0 Å². The topological polar surface area (TPSA) is 58.6 Å². The predicted molar refractivity (Wildman–Crippen MR) is 83.6 cm³/mol. The van der Waals surface area contributed by atoms with Crippen LogP contribution in [0.4, 0.5) is 5.69 Å². The van der Waals surface area contributed by atoms with Crippen LogP contribution < -0.4 is 10.1 Å². The van der Waals surface area contributed by atoms with Crippen LogP contribution in [-0.4, -0.2) is 24.7 Å². The number of benzene rings is 2. The minimum atomic E-state index is -0.968. The third-order valence-corrected chi connectivity index (χ3v) is 3.43. The highest BCUT2D eigenvalue weighted by Crippen LogP contribution is 2.23. The van der Waals surface area contributed by atoms with E-state index in [2.05, 4.69) is 5.32 Å². The number of hydrogen-bond donors (Lipinski definition) is 2. The Labute approximate surface area is 128 Å². The number of halogens is 1. The maximum Gasteiger partial charge on any atom is 0.335 e. The Morgan fingerprint density at radius 1 is 1.24 bits per heavy atom. The SMILES string of the molecule is COc1ccc(CCNc2cc(C(=O)O)ccc2Cl)cc1. The van der Waals surface area contributed by atoms with Crippen molar-refractivity contribution in [3.8, 4) is 5.75 Å². The lowest BCUT2D eigenvalue weighted by atomic mass is 10.1. The second-order valence-electron chi connectivity index (χ2n) is 4.52. The van der Waals surface area contributed by atoms with E-state index in [4.69, 9.17) is 21.4 Å². The van der Waals surface area contributed by atoms with Crippen molar-refractivity contribution in [3.05, 3.63) is 58.6 Å². The molecule has 0 heterocycles. The zero-order chi connectivity index (χ0) is 15.2. The van der Waals surface area contributed by atoms with Crippen molar-refractivity contribution in [2.45, 2.75) is 6.42 Å². The third kappa shape index (κ3) is 4.13. The van der Waals surface area contributed by atoms with Crippen molar-refractivity contribution in [2.24, 2.45) is 0 Å². The summed E-state index contributed by atoms with van der Waals surface area (Å²) in [6, 6.07) is 12.4. The first kappa shape index (κ1) is 15.2. The van der Waals surface area contributed by atoms with Crippen molar-refractivity contribution in [1.29, 1.82) is 0 Å². The summed E-state index contributed by atoms with van der Waals surface area (Å²) >= 11 is 6.05. The molecule has 2 aromatic carbocycles. The van der Waals surface area contributed by atoms with Gasteiger partial charge >= 0.3 is 5.97 Å². The number of methoxy groups -OCH3 is 1. The molecule has 0 amide bonds. The highest BCUT2D eigenvalue weighted by molar-refractivity contribution is 6.33. The molecular weight excluding hydrogens is 290 g/mol. The molecule has 2 N–H and O–H groups in total. The number of carbonyl (C=O) groups is 1. The minimum Gasteiger partial charge on any atom is -0.497 e. The molecule has 0 spiro atoms. The number of carboxylic acids is 1. The van der Waals surface area contributed by atoms with Crippen LogP contribution in [0.5, 0.6) is 5.75 Å². The monoisotopic (exact) mass is 305 g/mol. The largest absolute Gasteiger partial charge is 0.497 e. The fourth-order valence-corrected chi connectivity index (χ4v) is 2.11. The van der Waals surface area contributed by atoms with Gasteiger partial charge in [0.1, 0.15) is 5.75 Å². The van der Waals surface area contributed by atoms with E-state index in [-0.39, 0.29) is 5.56 Å². The van der Waals surface area contributed by atoms with Gasteiger partial charge in [0.25, 0.3) is 0 Å². The Kier molecular flexibility index (Phi) is 5.06. The maximum atomic E-state index is 10.9. The van der Waals surface area contributed by atoms with E-state index < -0.39 is 5.97 Å². The van der Waals surface area contributed by atoms with E-state index in [0.29, 0.717) is 17.3 Å². The first-order valence-electron chi connectivity index (χ1n) is 6.50. The van der Waals surface area contributed by atoms with Crippen molar-refractivity contribution < 1.29 is 14.6 Å². The van der Waals surface area contributed by atoms with Crippen LogP contribution in [0.15, 0.2) is 42.5 Å². The summed E-state index contributed by atoms with van der Waals surface area (Å²) in [5, 5.41) is 12.6. The number of nitrogens with one attached hydrogen (secondary N) is 1. The van der Waals surface area contributed by atoms with Crippen molar-refractivity contribution in [3.63, 3.8) is 0 Å². The summed E-state index contributed by atoms with van der Waals surface area (Å²) in [6.45, 7) is 0.662. The van der Waals surface area contributed by atoms with Gasteiger partial charge in [0.15, 0.2) is 0 Å². The molecule has 0 aliphatic rings. The molecule has 5 heteroatoms. The average Bonchev–Trinajstić information content (AvgIpc) is 2.49. The lowest BCUT2D eigenvalue weighted by Gasteiger charge is -2.09. The van der Waals surface area contributed by atoms with Gasteiger partial charge in [-0.15, -0.1) is 0 Å². The van der Waals surface area contributed by atoms with E-state index in [1.165, 1.54) is 6.07 Å². The molecule has 0 aliphatic carbocycles. The number of carboxylic acid groups (broad SMARTS) is 1. The highest BCUT2D eigenvalue weighted by atomic mass is 35.5. The number of rotatable bonds is 6. The standard InChI is InChI=1S/C16H16ClNO3/c1-21-13-5-2-11(3-6-13)8-9-18-15-10-12(16(19)20)4-7-14(15)17/h2-7,10,18H,8-9H2,1H3,(H,19,20). The smallest absolute Gasteiger partial charge is 0.335 e. The lowest BCUT2D eigenvalue weighted by molar-refractivity contribution is 0.0697. The van der Waals surface area contributed by atoms with Crippen molar-refractivity contribution in [1.82, 2.24) is 0 Å². The van der Waals surface area contributed by atoms with Crippen LogP contribution in [0.2, 0.25) is 5.02 Å². The summed E-state index contributed by atoms with van der Waals surface area (Å²) in [5.41, 5.74) is 2.00. The van der Waals surface area contributed by atoms with E-state index in [9.17, 15) is 4.79 Å². The van der Waals surface area contributed by atoms with Crippen molar-refractivity contribution in [2.75, 3.05) is 19.0 Å². The Bertz CT molecular complexity index is 626. The molecule has 2 aromatic rings. The molecule has 0 saturated carbocycles. The van der Waals surface area contributed by atoms with Gasteiger partial charge in [-0.1, -0.05) is 23.7 Å². The van der Waals surface area contributed by atoms with Gasteiger partial charge in [-0.2, -0.15) is 0 Å². The molecule has 0 aliphatic heterocycles. The van der Waals surface area contributed by atoms with Crippen LogP contribution >= 0.6 is 11.6 Å². The molecule has 0 fully saturated rings. The Morgan fingerprint density at radius 2 is 1.95 bits per heavy atom. The first-order chi connectivity index (χ1) is 10.1. The van der Waals surface area contributed by atoms with Crippen LogP contribution in [0.3, 0.4) is 0 Å². The quantitative estimate of drug-likeness (QED) is 0.854. The van der Waals surface area contributed by atoms with Gasteiger partial charge in [0.05, 0.1) is 23.4 Å². The van der Waals surface area contributed by atoms with Crippen LogP contribution in [-0.2, 0) is 6.42 Å². The second kappa shape index (κ2) is 6.99. The van der Waals surface area contributed by atoms with E-state index in [1.54, 1.807) is 19.2 Å². The molecule has 0 unspecified atom stereocenters. The van der Waals surface area contributed by atoms with Gasteiger partial charge in [0.2, 0.25) is 0 Å². The molecule has 110 valence electrons. The second-order valence-corrected chi connectivity index (χ2v) is 4.93. The lowest BCUT2D eigenvalue weighted by Crippen LogP contribution is -2.06. The fraction of sp³-hybridized carbons (Fsp3) is 0.188. The maximum absolute atomic E-state index is 10.9. The van der Waals surface area contributed by atoms with E-state index in [1.807, 2.05) is 24.3 Å². The number of hydrogen-bond acceptors (Lipinski definition) is 3. The Morgan fingerprint density at radius 3 is 2.57 bits per heavy atom. The third-order valence-electron chi connectivity index (χ3n) is 3.10. The molecule has 2 rings (SSSR count). The Balaban J connectivity index is 1.96. The summed E-state index contributed by atoms with van der Waals surface area (Å²) in [5.74, 6) is -0.145.